The first kappa shape index (κ1) is 21.5. The summed E-state index contributed by atoms with van der Waals surface area (Å²) < 4.78 is 38.8. The van der Waals surface area contributed by atoms with Crippen LogP contribution in [0.25, 0.3) is 0 Å². The van der Waals surface area contributed by atoms with Gasteiger partial charge in [-0.25, -0.2) is 4.98 Å². The molecule has 2 aliphatic rings. The number of alkyl halides is 3. The highest BCUT2D eigenvalue weighted by Gasteiger charge is 2.32. The number of hydrogen-bond donors (Lipinski definition) is 2. The summed E-state index contributed by atoms with van der Waals surface area (Å²) in [5, 5.41) is 6.19. The van der Waals surface area contributed by atoms with Gasteiger partial charge in [0.15, 0.2) is 0 Å². The molecule has 0 spiro atoms. The fraction of sp³-hybridized carbons (Fsp3) is 0.429. The first-order chi connectivity index (χ1) is 14.8. The molecule has 2 aromatic rings. The van der Waals surface area contributed by atoms with E-state index in [1.807, 2.05) is 0 Å². The smallest absolute Gasteiger partial charge is 0.368 e. The maximum absolute atomic E-state index is 12.9. The van der Waals surface area contributed by atoms with Gasteiger partial charge in [-0.1, -0.05) is 11.6 Å². The number of aromatic nitrogens is 2. The van der Waals surface area contributed by atoms with Gasteiger partial charge < -0.3 is 10.6 Å². The van der Waals surface area contributed by atoms with E-state index in [1.54, 1.807) is 12.4 Å². The van der Waals surface area contributed by atoms with Crippen LogP contribution in [0, 0.1) is 5.92 Å². The lowest BCUT2D eigenvalue weighted by atomic mass is 9.86. The Morgan fingerprint density at radius 2 is 1.87 bits per heavy atom. The van der Waals surface area contributed by atoms with Gasteiger partial charge in [-0.05, 0) is 49.8 Å². The van der Waals surface area contributed by atoms with Gasteiger partial charge in [0.05, 0.1) is 28.4 Å². The van der Waals surface area contributed by atoms with E-state index in [0.29, 0.717) is 12.5 Å². The molecule has 6 nitrogen and oxygen atoms in total. The first-order valence-electron chi connectivity index (χ1n) is 10.1. The summed E-state index contributed by atoms with van der Waals surface area (Å²) in [5.41, 5.74) is 0.614. The first-order valence-corrected chi connectivity index (χ1v) is 10.4. The van der Waals surface area contributed by atoms with Crippen molar-refractivity contribution in [3.63, 3.8) is 0 Å². The molecule has 1 aliphatic carbocycles. The van der Waals surface area contributed by atoms with E-state index in [0.717, 1.165) is 67.7 Å². The molecule has 4 rings (SSSR count). The van der Waals surface area contributed by atoms with Crippen molar-refractivity contribution in [3.05, 3.63) is 58.1 Å². The zero-order valence-corrected chi connectivity index (χ0v) is 17.3. The van der Waals surface area contributed by atoms with Gasteiger partial charge in [0.2, 0.25) is 0 Å². The molecule has 31 heavy (non-hydrogen) atoms. The largest absolute Gasteiger partial charge is 0.416 e. The average molecular weight is 452 g/mol. The van der Waals surface area contributed by atoms with Crippen LogP contribution in [-0.2, 0) is 12.7 Å². The zero-order chi connectivity index (χ0) is 22.0. The lowest BCUT2D eigenvalue weighted by Gasteiger charge is -2.29. The van der Waals surface area contributed by atoms with Crippen molar-refractivity contribution in [2.24, 2.45) is 10.9 Å². The number of amidine groups is 1. The lowest BCUT2D eigenvalue weighted by molar-refractivity contribution is -0.137. The van der Waals surface area contributed by atoms with Crippen molar-refractivity contribution in [2.75, 3.05) is 6.54 Å². The number of amides is 1. The van der Waals surface area contributed by atoms with Crippen LogP contribution in [0.4, 0.5) is 13.2 Å². The second-order valence-electron chi connectivity index (χ2n) is 7.78. The van der Waals surface area contributed by atoms with Crippen molar-refractivity contribution in [2.45, 2.75) is 44.4 Å². The molecule has 1 saturated carbocycles. The van der Waals surface area contributed by atoms with Crippen molar-refractivity contribution in [3.8, 4) is 0 Å². The normalized spacial score (nSPS) is 20.7. The third-order valence-corrected chi connectivity index (χ3v) is 5.99. The summed E-state index contributed by atoms with van der Waals surface area (Å²) >= 11 is 5.96. The summed E-state index contributed by atoms with van der Waals surface area (Å²) in [5.74, 6) is 0.597. The number of carbonyl (C=O) groups excluding carboxylic acids is 1. The lowest BCUT2D eigenvalue weighted by Crippen LogP contribution is -2.40. The van der Waals surface area contributed by atoms with E-state index < -0.39 is 17.6 Å². The average Bonchev–Trinajstić information content (AvgIpc) is 3.16. The Bertz CT molecular complexity index is 1000. The maximum atomic E-state index is 12.9. The molecule has 2 N–H and O–H groups in total. The van der Waals surface area contributed by atoms with Crippen LogP contribution >= 0.6 is 11.6 Å². The minimum Gasteiger partial charge on any atom is -0.368 e. The monoisotopic (exact) mass is 451 g/mol. The van der Waals surface area contributed by atoms with Gasteiger partial charge in [-0.15, -0.1) is 0 Å². The zero-order valence-electron chi connectivity index (χ0n) is 16.5. The van der Waals surface area contributed by atoms with E-state index in [4.69, 9.17) is 11.6 Å². The number of halogens is 4. The molecule has 0 bridgehead atoms. The van der Waals surface area contributed by atoms with Crippen LogP contribution in [0.2, 0.25) is 5.02 Å². The Kier molecular flexibility index (Phi) is 6.13. The summed E-state index contributed by atoms with van der Waals surface area (Å²) in [6.45, 7) is 1.28. The second-order valence-corrected chi connectivity index (χ2v) is 8.19. The number of nitrogens with zero attached hydrogens (tertiary/aromatic N) is 3. The number of rotatable bonds is 4. The maximum Gasteiger partial charge on any atom is 0.416 e. The van der Waals surface area contributed by atoms with Crippen molar-refractivity contribution < 1.29 is 18.0 Å². The van der Waals surface area contributed by atoms with Gasteiger partial charge in [0.25, 0.3) is 5.91 Å². The van der Waals surface area contributed by atoms with E-state index in [2.05, 4.69) is 25.6 Å². The number of benzene rings is 1. The number of fused-ring (bicyclic) bond motifs is 1. The highest BCUT2D eigenvalue weighted by atomic mass is 35.5. The molecule has 10 heteroatoms. The van der Waals surface area contributed by atoms with E-state index in [9.17, 15) is 18.0 Å². The molecule has 1 aliphatic heterocycles. The van der Waals surface area contributed by atoms with Crippen LogP contribution in [-0.4, -0.2) is 34.3 Å². The van der Waals surface area contributed by atoms with Gasteiger partial charge in [0, 0.05) is 25.0 Å². The third kappa shape index (κ3) is 4.98. The number of aliphatic imine (C=N–C) groups is 1. The standard InChI is InChI=1S/C21H21ClF3N5O/c22-16-6-3-13(21(23,24)25)9-15(16)20(31)30-14-4-1-12(2-5-14)10-28-19-18-17(11-29-19)26-7-8-27-18/h3,6-9,12,14H,1-2,4-5,10-11H2,(H,28,29)(H,30,31). The highest BCUT2D eigenvalue weighted by molar-refractivity contribution is 6.33. The topological polar surface area (TPSA) is 79.3 Å². The Morgan fingerprint density at radius 3 is 2.61 bits per heavy atom. The predicted octanol–water partition coefficient (Wildman–Crippen LogP) is 3.99. The van der Waals surface area contributed by atoms with Crippen LogP contribution in [0.1, 0.15) is 53.0 Å². The van der Waals surface area contributed by atoms with E-state index >= 15 is 0 Å². The van der Waals surface area contributed by atoms with E-state index in [-0.39, 0.29) is 16.6 Å². The van der Waals surface area contributed by atoms with Crippen molar-refractivity contribution >= 4 is 23.3 Å². The Morgan fingerprint density at radius 1 is 1.13 bits per heavy atom. The molecule has 2 heterocycles. The van der Waals surface area contributed by atoms with E-state index in [1.165, 1.54) is 0 Å². The molecule has 0 radical (unpaired) electrons. The van der Waals surface area contributed by atoms with Crippen LogP contribution < -0.4 is 10.6 Å². The third-order valence-electron chi connectivity index (χ3n) is 5.66. The molecule has 164 valence electrons. The predicted molar refractivity (Wildman–Crippen MR) is 110 cm³/mol. The summed E-state index contributed by atoms with van der Waals surface area (Å²) in [4.78, 5) is 25.5. The molecule has 1 aromatic heterocycles. The molecule has 1 fully saturated rings. The molecule has 0 atom stereocenters. The van der Waals surface area contributed by atoms with Crippen LogP contribution in [0.5, 0.6) is 0 Å². The Labute approximate surface area is 182 Å². The number of nitrogens with one attached hydrogen (secondary N) is 2. The molecule has 0 unspecified atom stereocenters. The van der Waals surface area contributed by atoms with Gasteiger partial charge in [-0.3, -0.25) is 14.8 Å². The SMILES string of the molecule is O=C(NC1CCC(CNC2=NCc3nccnc32)CC1)c1cc(C(F)(F)F)ccc1Cl. The number of hydrogen-bond acceptors (Lipinski definition) is 5. The van der Waals surface area contributed by atoms with Gasteiger partial charge in [-0.2, -0.15) is 13.2 Å². The minimum absolute atomic E-state index is 0.00380. The second kappa shape index (κ2) is 8.82. The van der Waals surface area contributed by atoms with Gasteiger partial charge >= 0.3 is 6.18 Å². The van der Waals surface area contributed by atoms with Gasteiger partial charge in [0.1, 0.15) is 11.5 Å². The van der Waals surface area contributed by atoms with Crippen molar-refractivity contribution in [1.82, 2.24) is 20.6 Å². The van der Waals surface area contributed by atoms with Crippen molar-refractivity contribution in [1.29, 1.82) is 0 Å². The quantitative estimate of drug-likeness (QED) is 0.736. The number of carbonyl (C=O) groups is 1. The fourth-order valence-electron chi connectivity index (χ4n) is 3.94. The Balaban J connectivity index is 1.28. The highest BCUT2D eigenvalue weighted by Crippen LogP contribution is 2.32. The summed E-state index contributed by atoms with van der Waals surface area (Å²) in [6.07, 6.45) is 2.03. The minimum atomic E-state index is -4.53. The molecular weight excluding hydrogens is 431 g/mol. The summed E-state index contributed by atoms with van der Waals surface area (Å²) in [6, 6.07) is 2.69. The molecular formula is C21H21ClF3N5O. The summed E-state index contributed by atoms with van der Waals surface area (Å²) in [7, 11) is 0. The molecule has 1 amide bonds. The van der Waals surface area contributed by atoms with Crippen LogP contribution in [0.3, 0.4) is 0 Å². The molecule has 1 aromatic carbocycles. The van der Waals surface area contributed by atoms with Crippen LogP contribution in [0.15, 0.2) is 35.6 Å². The molecule has 0 saturated heterocycles. The Hall–Kier alpha value is -2.68. The fourth-order valence-corrected chi connectivity index (χ4v) is 4.14.